The van der Waals surface area contributed by atoms with Gasteiger partial charge in [-0.2, -0.15) is 0 Å². The van der Waals surface area contributed by atoms with E-state index in [-0.39, 0.29) is 11.9 Å². The van der Waals surface area contributed by atoms with E-state index in [2.05, 4.69) is 16.0 Å². The van der Waals surface area contributed by atoms with Crippen LogP contribution in [0.5, 0.6) is 0 Å². The molecule has 4 heteroatoms. The molecule has 0 aliphatic heterocycles. The number of hydrogen-bond acceptors (Lipinski definition) is 3. The fourth-order valence-corrected chi connectivity index (χ4v) is 1.19. The molecular weight excluding hydrogens is 166 g/mol. The summed E-state index contributed by atoms with van der Waals surface area (Å²) in [5, 5.41) is 8.87. The standard InChI is InChI=1S/C9H21N3O/c1-4-12-9(13)8(11-3)6-5-7-10-2/h8,10-11H,4-7H2,1-3H3,(H,12,13). The maximum absolute atomic E-state index is 11.4. The number of rotatable bonds is 7. The van der Waals surface area contributed by atoms with Gasteiger partial charge in [0.05, 0.1) is 6.04 Å². The lowest BCUT2D eigenvalue weighted by Gasteiger charge is -2.14. The van der Waals surface area contributed by atoms with Crippen LogP contribution in [0.15, 0.2) is 0 Å². The maximum atomic E-state index is 11.4. The van der Waals surface area contributed by atoms with Gasteiger partial charge in [-0.05, 0) is 40.4 Å². The largest absolute Gasteiger partial charge is 0.355 e. The van der Waals surface area contributed by atoms with Gasteiger partial charge in [-0.15, -0.1) is 0 Å². The summed E-state index contributed by atoms with van der Waals surface area (Å²) in [6.45, 7) is 3.58. The lowest BCUT2D eigenvalue weighted by molar-refractivity contribution is -0.123. The topological polar surface area (TPSA) is 53.2 Å². The van der Waals surface area contributed by atoms with Gasteiger partial charge in [0.1, 0.15) is 0 Å². The normalized spacial score (nSPS) is 12.5. The Labute approximate surface area is 80.5 Å². The highest BCUT2D eigenvalue weighted by atomic mass is 16.2. The first-order chi connectivity index (χ1) is 6.26. The van der Waals surface area contributed by atoms with E-state index in [9.17, 15) is 4.79 Å². The van der Waals surface area contributed by atoms with Crippen LogP contribution in [0.1, 0.15) is 19.8 Å². The number of likely N-dealkylation sites (N-methyl/N-ethyl adjacent to an activating group) is 2. The van der Waals surface area contributed by atoms with Crippen molar-refractivity contribution in [1.82, 2.24) is 16.0 Å². The SMILES string of the molecule is CCNC(=O)C(CCCNC)NC. The van der Waals surface area contributed by atoms with Crippen molar-refractivity contribution in [1.29, 1.82) is 0 Å². The summed E-state index contributed by atoms with van der Waals surface area (Å²) in [5.41, 5.74) is 0. The van der Waals surface area contributed by atoms with Gasteiger partial charge in [0.2, 0.25) is 5.91 Å². The van der Waals surface area contributed by atoms with Crippen LogP contribution in [0, 0.1) is 0 Å². The third-order valence-electron chi connectivity index (χ3n) is 1.94. The quantitative estimate of drug-likeness (QED) is 0.480. The Morgan fingerprint density at radius 3 is 2.54 bits per heavy atom. The molecule has 78 valence electrons. The minimum Gasteiger partial charge on any atom is -0.355 e. The Bertz CT molecular complexity index is 139. The van der Waals surface area contributed by atoms with E-state index < -0.39 is 0 Å². The first-order valence-electron chi connectivity index (χ1n) is 4.85. The first kappa shape index (κ1) is 12.4. The zero-order chi connectivity index (χ0) is 10.1. The van der Waals surface area contributed by atoms with Crippen molar-refractivity contribution in [3.8, 4) is 0 Å². The Hall–Kier alpha value is -0.610. The van der Waals surface area contributed by atoms with Crippen LogP contribution in [-0.2, 0) is 4.79 Å². The molecule has 1 unspecified atom stereocenters. The minimum absolute atomic E-state index is 0.0479. The molecule has 0 bridgehead atoms. The second-order valence-electron chi connectivity index (χ2n) is 2.98. The molecule has 0 aromatic carbocycles. The molecular formula is C9H21N3O. The van der Waals surface area contributed by atoms with E-state index in [0.29, 0.717) is 6.54 Å². The van der Waals surface area contributed by atoms with Crippen LogP contribution < -0.4 is 16.0 Å². The van der Waals surface area contributed by atoms with Gasteiger partial charge >= 0.3 is 0 Å². The number of carbonyl (C=O) groups excluding carboxylic acids is 1. The lowest BCUT2D eigenvalue weighted by Crippen LogP contribution is -2.42. The number of hydrogen-bond donors (Lipinski definition) is 3. The third-order valence-corrected chi connectivity index (χ3v) is 1.94. The molecule has 0 fully saturated rings. The van der Waals surface area contributed by atoms with E-state index in [1.54, 1.807) is 0 Å². The van der Waals surface area contributed by atoms with Crippen LogP contribution in [0.2, 0.25) is 0 Å². The molecule has 0 aromatic rings. The molecule has 13 heavy (non-hydrogen) atoms. The van der Waals surface area contributed by atoms with Crippen LogP contribution in [0.3, 0.4) is 0 Å². The maximum Gasteiger partial charge on any atom is 0.237 e. The van der Waals surface area contributed by atoms with E-state index in [0.717, 1.165) is 19.4 Å². The van der Waals surface area contributed by atoms with Gasteiger partial charge in [0, 0.05) is 6.54 Å². The van der Waals surface area contributed by atoms with Crippen molar-refractivity contribution in [3.05, 3.63) is 0 Å². The molecule has 0 aliphatic rings. The number of nitrogens with one attached hydrogen (secondary N) is 3. The van der Waals surface area contributed by atoms with Gasteiger partial charge < -0.3 is 16.0 Å². The lowest BCUT2D eigenvalue weighted by atomic mass is 10.1. The van der Waals surface area contributed by atoms with Crippen molar-refractivity contribution < 1.29 is 4.79 Å². The summed E-state index contributed by atoms with van der Waals surface area (Å²) in [6.07, 6.45) is 1.89. The van der Waals surface area contributed by atoms with Crippen molar-refractivity contribution in [2.24, 2.45) is 0 Å². The third kappa shape index (κ3) is 5.60. The Balaban J connectivity index is 3.67. The van der Waals surface area contributed by atoms with E-state index in [1.807, 2.05) is 21.0 Å². The molecule has 0 aliphatic carbocycles. The van der Waals surface area contributed by atoms with Crippen molar-refractivity contribution >= 4 is 5.91 Å². The molecule has 0 radical (unpaired) electrons. The summed E-state index contributed by atoms with van der Waals surface area (Å²) in [6, 6.07) is -0.0479. The van der Waals surface area contributed by atoms with Crippen LogP contribution >= 0.6 is 0 Å². The van der Waals surface area contributed by atoms with Gasteiger partial charge in [-0.3, -0.25) is 4.79 Å². The molecule has 1 amide bonds. The summed E-state index contributed by atoms with van der Waals surface area (Å²) in [7, 11) is 3.74. The highest BCUT2D eigenvalue weighted by molar-refractivity contribution is 5.81. The second-order valence-corrected chi connectivity index (χ2v) is 2.98. The van der Waals surface area contributed by atoms with Crippen molar-refractivity contribution in [2.75, 3.05) is 27.2 Å². The van der Waals surface area contributed by atoms with E-state index in [1.165, 1.54) is 0 Å². The van der Waals surface area contributed by atoms with Gasteiger partial charge in [0.15, 0.2) is 0 Å². The zero-order valence-corrected chi connectivity index (χ0v) is 8.81. The van der Waals surface area contributed by atoms with Crippen LogP contribution in [0.4, 0.5) is 0 Å². The predicted molar refractivity (Wildman–Crippen MR) is 54.7 cm³/mol. The molecule has 0 saturated carbocycles. The highest BCUT2D eigenvalue weighted by Gasteiger charge is 2.13. The summed E-state index contributed by atoms with van der Waals surface area (Å²) >= 11 is 0. The fourth-order valence-electron chi connectivity index (χ4n) is 1.19. The van der Waals surface area contributed by atoms with Gasteiger partial charge in [0.25, 0.3) is 0 Å². The average Bonchev–Trinajstić information content (AvgIpc) is 2.13. The molecule has 0 spiro atoms. The van der Waals surface area contributed by atoms with Crippen molar-refractivity contribution in [3.63, 3.8) is 0 Å². The summed E-state index contributed by atoms with van der Waals surface area (Å²) < 4.78 is 0. The molecule has 0 rings (SSSR count). The van der Waals surface area contributed by atoms with Gasteiger partial charge in [-0.25, -0.2) is 0 Å². The zero-order valence-electron chi connectivity index (χ0n) is 8.81. The highest BCUT2D eigenvalue weighted by Crippen LogP contribution is 1.95. The Morgan fingerprint density at radius 2 is 2.08 bits per heavy atom. The smallest absolute Gasteiger partial charge is 0.237 e. The predicted octanol–water partition coefficient (Wildman–Crippen LogP) is -0.290. The molecule has 4 nitrogen and oxygen atoms in total. The molecule has 0 aromatic heterocycles. The van der Waals surface area contributed by atoms with Crippen LogP contribution in [0.25, 0.3) is 0 Å². The summed E-state index contributed by atoms with van der Waals surface area (Å²) in [5.74, 6) is 0.0982. The van der Waals surface area contributed by atoms with Crippen molar-refractivity contribution in [2.45, 2.75) is 25.8 Å². The minimum atomic E-state index is -0.0479. The number of carbonyl (C=O) groups is 1. The molecule has 1 atom stereocenters. The molecule has 0 heterocycles. The fraction of sp³-hybridized carbons (Fsp3) is 0.889. The van der Waals surface area contributed by atoms with E-state index in [4.69, 9.17) is 0 Å². The van der Waals surface area contributed by atoms with Gasteiger partial charge in [-0.1, -0.05) is 0 Å². The van der Waals surface area contributed by atoms with Crippen LogP contribution in [-0.4, -0.2) is 39.1 Å². The Kier molecular flexibility index (Phi) is 7.63. The molecule has 0 saturated heterocycles. The molecule has 3 N–H and O–H groups in total. The number of amides is 1. The Morgan fingerprint density at radius 1 is 1.38 bits per heavy atom. The monoisotopic (exact) mass is 187 g/mol. The average molecular weight is 187 g/mol. The second kappa shape index (κ2) is 8.01. The van der Waals surface area contributed by atoms with E-state index >= 15 is 0 Å². The summed E-state index contributed by atoms with van der Waals surface area (Å²) in [4.78, 5) is 11.4. The first-order valence-corrected chi connectivity index (χ1v) is 4.85.